The number of ether oxygens (including phenoxy) is 2. The van der Waals surface area contributed by atoms with Crippen LogP contribution in [0, 0.1) is 0 Å². The Morgan fingerprint density at radius 2 is 1.37 bits per heavy atom. The number of carbonyl (C=O) groups excluding carboxylic acids is 2. The van der Waals surface area contributed by atoms with Gasteiger partial charge >= 0.3 is 18.0 Å². The van der Waals surface area contributed by atoms with Crippen LogP contribution in [0.1, 0.15) is 41.5 Å². The van der Waals surface area contributed by atoms with E-state index in [0.29, 0.717) is 0 Å². The molecule has 0 unspecified atom stereocenters. The van der Waals surface area contributed by atoms with Gasteiger partial charge < -0.3 is 14.6 Å². The number of esters is 1. The van der Waals surface area contributed by atoms with Gasteiger partial charge in [0.2, 0.25) is 6.04 Å². The number of hydrogen-bond donors (Lipinski definition) is 2. The van der Waals surface area contributed by atoms with Crippen LogP contribution in [0.15, 0.2) is 0 Å². The zero-order valence-electron chi connectivity index (χ0n) is 12.1. The Morgan fingerprint density at radius 1 is 0.947 bits per heavy atom. The lowest BCUT2D eigenvalue weighted by Crippen LogP contribution is -2.50. The Hall–Kier alpha value is -1.79. The molecule has 0 fully saturated rings. The highest BCUT2D eigenvalue weighted by molar-refractivity contribution is 6.01. The molecule has 7 nitrogen and oxygen atoms in total. The number of carbonyl (C=O) groups is 3. The molecule has 19 heavy (non-hydrogen) atoms. The molecule has 0 saturated heterocycles. The minimum atomic E-state index is -1.80. The van der Waals surface area contributed by atoms with E-state index in [1.165, 1.54) is 0 Å². The van der Waals surface area contributed by atoms with Gasteiger partial charge in [0.05, 0.1) is 0 Å². The molecule has 0 heterocycles. The van der Waals surface area contributed by atoms with Crippen LogP contribution in [-0.2, 0) is 19.1 Å². The summed E-state index contributed by atoms with van der Waals surface area (Å²) in [5, 5.41) is 10.9. The maximum absolute atomic E-state index is 11.6. The van der Waals surface area contributed by atoms with Gasteiger partial charge in [0.15, 0.2) is 0 Å². The number of carboxylic acids is 1. The van der Waals surface area contributed by atoms with Crippen LogP contribution < -0.4 is 5.32 Å². The van der Waals surface area contributed by atoms with E-state index in [-0.39, 0.29) is 0 Å². The topological polar surface area (TPSA) is 102 Å². The fourth-order valence-electron chi connectivity index (χ4n) is 1.01. The van der Waals surface area contributed by atoms with Crippen molar-refractivity contribution >= 4 is 18.0 Å². The molecule has 0 bridgehead atoms. The second-order valence-electron chi connectivity index (χ2n) is 5.95. The first kappa shape index (κ1) is 17.2. The van der Waals surface area contributed by atoms with Crippen LogP contribution in [0.5, 0.6) is 0 Å². The zero-order valence-corrected chi connectivity index (χ0v) is 12.1. The Bertz CT molecular complexity index is 363. The van der Waals surface area contributed by atoms with E-state index >= 15 is 0 Å². The summed E-state index contributed by atoms with van der Waals surface area (Å²) in [7, 11) is 0. The Morgan fingerprint density at radius 3 is 1.68 bits per heavy atom. The molecule has 0 aromatic heterocycles. The van der Waals surface area contributed by atoms with E-state index in [4.69, 9.17) is 14.6 Å². The van der Waals surface area contributed by atoms with Crippen LogP contribution in [0.2, 0.25) is 0 Å². The summed E-state index contributed by atoms with van der Waals surface area (Å²) in [4.78, 5) is 34.0. The van der Waals surface area contributed by atoms with E-state index in [0.717, 1.165) is 0 Å². The fraction of sp³-hybridized carbons (Fsp3) is 0.750. The van der Waals surface area contributed by atoms with Crippen LogP contribution in [0.4, 0.5) is 4.79 Å². The minimum absolute atomic E-state index is 0.791. The third kappa shape index (κ3) is 8.01. The smallest absolute Gasteiger partial charge is 0.408 e. The summed E-state index contributed by atoms with van der Waals surface area (Å²) >= 11 is 0. The SMILES string of the molecule is CC(C)(C)OC(=O)N[C@@H](C(=O)O)C(=O)OC(C)(C)C. The third-order valence-electron chi connectivity index (χ3n) is 1.55. The van der Waals surface area contributed by atoms with Crippen molar-refractivity contribution in [2.75, 3.05) is 0 Å². The molecule has 0 aromatic rings. The third-order valence-corrected chi connectivity index (χ3v) is 1.55. The molecular formula is C12H21NO6. The fourth-order valence-corrected chi connectivity index (χ4v) is 1.01. The van der Waals surface area contributed by atoms with Gasteiger partial charge in [-0.15, -0.1) is 0 Å². The summed E-state index contributed by atoms with van der Waals surface area (Å²) in [6.45, 7) is 9.65. The first-order chi connectivity index (χ1) is 8.32. The molecule has 1 atom stereocenters. The standard InChI is InChI=1S/C12H21NO6/c1-11(2,3)18-9(16)7(8(14)15)13-10(17)19-12(4,5)6/h7H,1-6H3,(H,13,17)(H,14,15)/t7-/m0/s1. The molecule has 0 radical (unpaired) electrons. The molecule has 0 aliphatic rings. The summed E-state index contributed by atoms with van der Waals surface area (Å²) in [5.74, 6) is -2.56. The van der Waals surface area contributed by atoms with E-state index in [9.17, 15) is 14.4 Å². The summed E-state index contributed by atoms with van der Waals surface area (Å²) in [6.07, 6.45) is -0.995. The molecule has 2 N–H and O–H groups in total. The highest BCUT2D eigenvalue weighted by Gasteiger charge is 2.33. The van der Waals surface area contributed by atoms with Gasteiger partial charge in [-0.05, 0) is 41.5 Å². The maximum Gasteiger partial charge on any atom is 0.408 e. The summed E-state index contributed by atoms with van der Waals surface area (Å²) in [5.41, 5.74) is -1.64. The van der Waals surface area contributed by atoms with Crippen molar-refractivity contribution in [3.8, 4) is 0 Å². The van der Waals surface area contributed by atoms with Crippen molar-refractivity contribution < 1.29 is 29.0 Å². The van der Waals surface area contributed by atoms with Gasteiger partial charge in [-0.25, -0.2) is 14.4 Å². The number of aliphatic carboxylic acids is 1. The quantitative estimate of drug-likeness (QED) is 0.594. The van der Waals surface area contributed by atoms with Gasteiger partial charge in [0, 0.05) is 0 Å². The van der Waals surface area contributed by atoms with Crippen molar-refractivity contribution in [2.24, 2.45) is 0 Å². The van der Waals surface area contributed by atoms with Gasteiger partial charge in [0.25, 0.3) is 0 Å². The van der Waals surface area contributed by atoms with E-state index in [2.05, 4.69) is 0 Å². The molecule has 1 amide bonds. The molecule has 0 aromatic carbocycles. The minimum Gasteiger partial charge on any atom is -0.479 e. The Kier molecular flexibility index (Phi) is 5.34. The van der Waals surface area contributed by atoms with Crippen molar-refractivity contribution in [1.29, 1.82) is 0 Å². The lowest BCUT2D eigenvalue weighted by atomic mass is 10.2. The number of rotatable bonds is 3. The monoisotopic (exact) mass is 275 g/mol. The number of hydrogen-bond acceptors (Lipinski definition) is 5. The van der Waals surface area contributed by atoms with Crippen LogP contribution in [0.25, 0.3) is 0 Å². The predicted octanol–water partition coefficient (Wildman–Crippen LogP) is 1.31. The van der Waals surface area contributed by atoms with Crippen LogP contribution >= 0.6 is 0 Å². The van der Waals surface area contributed by atoms with Crippen molar-refractivity contribution in [3.63, 3.8) is 0 Å². The molecule has 0 spiro atoms. The van der Waals surface area contributed by atoms with Crippen LogP contribution in [-0.4, -0.2) is 40.4 Å². The number of nitrogens with one attached hydrogen (secondary N) is 1. The average Bonchev–Trinajstić information content (AvgIpc) is 2.07. The molecule has 0 rings (SSSR count). The van der Waals surface area contributed by atoms with E-state index in [1.54, 1.807) is 41.5 Å². The molecule has 7 heteroatoms. The summed E-state index contributed by atoms with van der Waals surface area (Å²) < 4.78 is 9.78. The average molecular weight is 275 g/mol. The lowest BCUT2D eigenvalue weighted by Gasteiger charge is -2.24. The highest BCUT2D eigenvalue weighted by Crippen LogP contribution is 2.10. The Labute approximate surface area is 112 Å². The second kappa shape index (κ2) is 5.90. The predicted molar refractivity (Wildman–Crippen MR) is 66.6 cm³/mol. The largest absolute Gasteiger partial charge is 0.479 e. The van der Waals surface area contributed by atoms with Crippen molar-refractivity contribution in [3.05, 3.63) is 0 Å². The van der Waals surface area contributed by atoms with Gasteiger partial charge in [-0.2, -0.15) is 0 Å². The molecule has 0 aliphatic carbocycles. The van der Waals surface area contributed by atoms with Crippen molar-refractivity contribution in [2.45, 2.75) is 58.8 Å². The van der Waals surface area contributed by atoms with Gasteiger partial charge in [0.1, 0.15) is 11.2 Å². The van der Waals surface area contributed by atoms with Crippen LogP contribution in [0.3, 0.4) is 0 Å². The number of amides is 1. The van der Waals surface area contributed by atoms with E-state index < -0.39 is 35.3 Å². The maximum atomic E-state index is 11.6. The lowest BCUT2D eigenvalue weighted by molar-refractivity contribution is -0.163. The first-order valence-electron chi connectivity index (χ1n) is 5.77. The highest BCUT2D eigenvalue weighted by atomic mass is 16.6. The normalized spacial score (nSPS) is 13.4. The first-order valence-corrected chi connectivity index (χ1v) is 5.77. The van der Waals surface area contributed by atoms with Gasteiger partial charge in [-0.1, -0.05) is 0 Å². The van der Waals surface area contributed by atoms with E-state index in [1.807, 2.05) is 5.32 Å². The number of carboxylic acid groups (broad SMARTS) is 1. The zero-order chi connectivity index (χ0) is 15.4. The Balaban J connectivity index is 4.72. The molecule has 0 aliphatic heterocycles. The second-order valence-corrected chi connectivity index (χ2v) is 5.95. The summed E-state index contributed by atoms with van der Waals surface area (Å²) in [6, 6.07) is -1.80. The molecular weight excluding hydrogens is 254 g/mol. The van der Waals surface area contributed by atoms with Crippen molar-refractivity contribution in [1.82, 2.24) is 5.32 Å². The molecule has 110 valence electrons. The number of alkyl carbamates (subject to hydrolysis) is 1. The molecule has 0 saturated carbocycles. The van der Waals surface area contributed by atoms with Gasteiger partial charge in [-0.3, -0.25) is 5.32 Å².